The molecule has 0 amide bonds. The quantitative estimate of drug-likeness (QED) is 0.167. The minimum absolute atomic E-state index is 0.611. The van der Waals surface area contributed by atoms with E-state index in [-0.39, 0.29) is 0 Å². The largest absolute Gasteiger partial charge is 0.309 e. The maximum atomic E-state index is 5.50. The first-order chi connectivity index (χ1) is 33.7. The van der Waals surface area contributed by atoms with Crippen LogP contribution in [0.3, 0.4) is 0 Å². The van der Waals surface area contributed by atoms with E-state index < -0.39 is 0 Å². The van der Waals surface area contributed by atoms with Crippen molar-refractivity contribution in [3.63, 3.8) is 0 Å². The summed E-state index contributed by atoms with van der Waals surface area (Å²) in [7, 11) is 0. The molecule has 3 heterocycles. The first kappa shape index (κ1) is 38.1. The van der Waals surface area contributed by atoms with Crippen molar-refractivity contribution in [2.45, 2.75) is 0 Å². The molecule has 0 aliphatic rings. The molecule has 3 aromatic heterocycles. The number of hydrogen-bond acceptors (Lipinski definition) is 3. The molecule has 14 rings (SSSR count). The summed E-state index contributed by atoms with van der Waals surface area (Å²) in [5, 5.41) is 11.7. The van der Waals surface area contributed by atoms with Crippen LogP contribution in [0.2, 0.25) is 0 Å². The van der Waals surface area contributed by atoms with E-state index in [4.69, 9.17) is 15.0 Å². The van der Waals surface area contributed by atoms with Gasteiger partial charge in [-0.05, 0) is 87.3 Å². The van der Waals surface area contributed by atoms with Crippen LogP contribution in [0.25, 0.3) is 133 Å². The summed E-state index contributed by atoms with van der Waals surface area (Å²) in [4.78, 5) is 16.2. The third kappa shape index (κ3) is 5.93. The van der Waals surface area contributed by atoms with Crippen molar-refractivity contribution in [3.05, 3.63) is 237 Å². The van der Waals surface area contributed by atoms with Gasteiger partial charge in [0.05, 0.1) is 27.8 Å². The summed E-state index contributed by atoms with van der Waals surface area (Å²) in [6.45, 7) is 0. The maximum absolute atomic E-state index is 5.50. The fourth-order valence-corrected chi connectivity index (χ4v) is 10.6. The van der Waals surface area contributed by atoms with Crippen LogP contribution in [0.5, 0.6) is 0 Å². The van der Waals surface area contributed by atoms with Crippen LogP contribution < -0.4 is 0 Å². The molecule has 0 bridgehead atoms. The first-order valence-corrected chi connectivity index (χ1v) is 23.1. The molecule has 0 aliphatic heterocycles. The second-order valence-electron chi connectivity index (χ2n) is 17.6. The van der Waals surface area contributed by atoms with E-state index in [0.29, 0.717) is 17.5 Å². The first-order valence-electron chi connectivity index (χ1n) is 23.1. The summed E-state index contributed by atoms with van der Waals surface area (Å²) < 4.78 is 4.84. The third-order valence-corrected chi connectivity index (χ3v) is 13.7. The lowest BCUT2D eigenvalue weighted by molar-refractivity contribution is 1.08. The van der Waals surface area contributed by atoms with Gasteiger partial charge < -0.3 is 9.13 Å². The zero-order valence-electron chi connectivity index (χ0n) is 36.8. The molecular weight excluding hydrogens is 827 g/mol. The van der Waals surface area contributed by atoms with E-state index in [1.165, 1.54) is 37.8 Å². The number of rotatable bonds is 6. The number of aromatic nitrogens is 5. The molecule has 0 spiro atoms. The highest BCUT2D eigenvalue weighted by Crippen LogP contribution is 2.44. The molecule has 0 aliphatic carbocycles. The lowest BCUT2D eigenvalue weighted by Crippen LogP contribution is -2.02. The van der Waals surface area contributed by atoms with E-state index in [1.54, 1.807) is 0 Å². The highest BCUT2D eigenvalue weighted by Gasteiger charge is 2.23. The van der Waals surface area contributed by atoms with Crippen LogP contribution in [0.15, 0.2) is 237 Å². The Balaban J connectivity index is 1.07. The molecule has 0 fully saturated rings. The van der Waals surface area contributed by atoms with Gasteiger partial charge in [-0.2, -0.15) is 0 Å². The van der Waals surface area contributed by atoms with Crippen molar-refractivity contribution in [1.29, 1.82) is 0 Å². The molecule has 0 saturated heterocycles. The highest BCUT2D eigenvalue weighted by atomic mass is 15.0. The average molecular weight is 866 g/mol. The third-order valence-electron chi connectivity index (χ3n) is 13.7. The van der Waals surface area contributed by atoms with Crippen LogP contribution in [0.1, 0.15) is 0 Å². The van der Waals surface area contributed by atoms with Gasteiger partial charge in [0.25, 0.3) is 0 Å². The minimum atomic E-state index is 0.611. The Kier molecular flexibility index (Phi) is 8.52. The predicted octanol–water partition coefficient (Wildman–Crippen LogP) is 16.2. The van der Waals surface area contributed by atoms with Crippen molar-refractivity contribution in [2.24, 2.45) is 0 Å². The van der Waals surface area contributed by atoms with Gasteiger partial charge in [0.1, 0.15) is 0 Å². The summed E-state index contributed by atoms with van der Waals surface area (Å²) in [5.74, 6) is 1.85. The molecule has 68 heavy (non-hydrogen) atoms. The zero-order valence-corrected chi connectivity index (χ0v) is 36.8. The van der Waals surface area contributed by atoms with Crippen LogP contribution in [0, 0.1) is 0 Å². The summed E-state index contributed by atoms with van der Waals surface area (Å²) in [6.07, 6.45) is 0. The number of fused-ring (bicyclic) bond motifs is 10. The van der Waals surface area contributed by atoms with Crippen molar-refractivity contribution in [2.75, 3.05) is 0 Å². The van der Waals surface area contributed by atoms with E-state index in [0.717, 1.165) is 77.3 Å². The monoisotopic (exact) mass is 865 g/mol. The Morgan fingerprint density at radius 3 is 1.69 bits per heavy atom. The lowest BCUT2D eigenvalue weighted by atomic mass is 9.96. The van der Waals surface area contributed by atoms with E-state index >= 15 is 0 Å². The maximum Gasteiger partial charge on any atom is 0.164 e. The van der Waals surface area contributed by atoms with Crippen molar-refractivity contribution in [1.82, 2.24) is 24.1 Å². The Morgan fingerprint density at radius 1 is 0.279 bits per heavy atom. The van der Waals surface area contributed by atoms with Gasteiger partial charge >= 0.3 is 0 Å². The SMILES string of the molecule is c1ccc(-c2ccc3c(-c4nc(-c5ccccc5)nc(-c5cccc6c5c5ccccc5n6-c5ccccc5)n4)ccc(-n4c5cc6ccccc6cc5c5ccc6ccccc6c54)c3c2)cc1. The van der Waals surface area contributed by atoms with Crippen LogP contribution in [-0.2, 0) is 0 Å². The molecule has 5 heteroatoms. The lowest BCUT2D eigenvalue weighted by Gasteiger charge is -2.17. The number of benzene rings is 11. The van der Waals surface area contributed by atoms with Crippen LogP contribution in [0.4, 0.5) is 0 Å². The molecule has 0 unspecified atom stereocenters. The van der Waals surface area contributed by atoms with Crippen molar-refractivity contribution in [3.8, 4) is 56.7 Å². The van der Waals surface area contributed by atoms with Gasteiger partial charge in [-0.25, -0.2) is 15.0 Å². The van der Waals surface area contributed by atoms with Gasteiger partial charge in [-0.3, -0.25) is 0 Å². The normalized spacial score (nSPS) is 11.8. The molecule has 316 valence electrons. The Morgan fingerprint density at radius 2 is 0.897 bits per heavy atom. The Labute approximate surface area is 391 Å². The second kappa shape index (κ2) is 15.2. The molecule has 0 saturated carbocycles. The fraction of sp³-hybridized carbons (Fsp3) is 0. The van der Waals surface area contributed by atoms with Gasteiger partial charge in [0.2, 0.25) is 0 Å². The number of nitrogens with zero attached hydrogens (tertiary/aromatic N) is 5. The topological polar surface area (TPSA) is 48.5 Å². The highest BCUT2D eigenvalue weighted by molar-refractivity contribution is 6.22. The van der Waals surface area contributed by atoms with Crippen LogP contribution in [-0.4, -0.2) is 24.1 Å². The smallest absolute Gasteiger partial charge is 0.164 e. The Hall–Kier alpha value is -9.19. The van der Waals surface area contributed by atoms with E-state index in [1.807, 2.05) is 18.2 Å². The van der Waals surface area contributed by atoms with Crippen molar-refractivity contribution < 1.29 is 0 Å². The van der Waals surface area contributed by atoms with Gasteiger partial charge in [0.15, 0.2) is 17.5 Å². The summed E-state index contributed by atoms with van der Waals surface area (Å²) in [5.41, 5.74) is 11.8. The molecule has 11 aromatic carbocycles. The summed E-state index contributed by atoms with van der Waals surface area (Å²) in [6, 6.07) is 84.6. The van der Waals surface area contributed by atoms with E-state index in [2.05, 4.69) is 228 Å². The fourth-order valence-electron chi connectivity index (χ4n) is 10.6. The van der Waals surface area contributed by atoms with E-state index in [9.17, 15) is 0 Å². The average Bonchev–Trinajstić information content (AvgIpc) is 3.93. The van der Waals surface area contributed by atoms with Crippen LogP contribution >= 0.6 is 0 Å². The van der Waals surface area contributed by atoms with Gasteiger partial charge in [-0.1, -0.05) is 182 Å². The van der Waals surface area contributed by atoms with Crippen molar-refractivity contribution >= 4 is 75.9 Å². The molecular formula is C63H39N5. The molecule has 5 nitrogen and oxygen atoms in total. The standard InChI is InChI=1S/C63H39N5/c1-4-17-40(18-5-1)45-32-33-48-50(35-36-56(53(48)38-45)68-58-39-44-23-11-10-22-43(44)37-54(58)49-34-31-41-19-12-13-26-47(41)60(49)68)62-64-61(42-20-6-2-7-21-42)65-63(66-62)52-28-16-30-57-59(52)51-27-14-15-29-55(51)67(57)46-24-8-3-9-25-46/h1-39H. The zero-order chi connectivity index (χ0) is 44.7. The molecule has 0 N–H and O–H groups in total. The molecule has 14 aromatic rings. The minimum Gasteiger partial charge on any atom is -0.309 e. The number of para-hydroxylation sites is 2. The van der Waals surface area contributed by atoms with Gasteiger partial charge in [-0.15, -0.1) is 0 Å². The molecule has 0 radical (unpaired) electrons. The summed E-state index contributed by atoms with van der Waals surface area (Å²) >= 11 is 0. The van der Waals surface area contributed by atoms with Gasteiger partial charge in [0, 0.05) is 54.7 Å². The second-order valence-corrected chi connectivity index (χ2v) is 17.6. The number of hydrogen-bond donors (Lipinski definition) is 0. The molecule has 0 atom stereocenters. The predicted molar refractivity (Wildman–Crippen MR) is 283 cm³/mol. The Bertz CT molecular complexity index is 4300.